The van der Waals surface area contributed by atoms with Gasteiger partial charge in [0.05, 0.1) is 0 Å². The van der Waals surface area contributed by atoms with Crippen LogP contribution in [0.15, 0.2) is 24.3 Å². The van der Waals surface area contributed by atoms with Gasteiger partial charge in [0.25, 0.3) is 0 Å². The normalized spacial score (nSPS) is 9.71. The molecule has 1 rings (SSSR count). The molecule has 0 aromatic heterocycles. The maximum Gasteiger partial charge on any atom is 0.120 e. The van der Waals surface area contributed by atoms with E-state index in [2.05, 4.69) is 0 Å². The van der Waals surface area contributed by atoms with Crippen molar-refractivity contribution in [2.24, 2.45) is 0 Å². The van der Waals surface area contributed by atoms with Gasteiger partial charge in [0.1, 0.15) is 12.6 Å². The zero-order valence-electron chi connectivity index (χ0n) is 8.11. The molecule has 0 atom stereocenters. The van der Waals surface area contributed by atoms with Gasteiger partial charge in [-0.3, -0.25) is 0 Å². The first-order valence-corrected chi connectivity index (χ1v) is 4.82. The molecule has 1 aromatic rings. The minimum atomic E-state index is 0.554. The summed E-state index contributed by atoms with van der Waals surface area (Å²) in [5.74, 6) is 0. The third-order valence-electron chi connectivity index (χ3n) is 2.18. The number of rotatable bonds is 6. The zero-order valence-corrected chi connectivity index (χ0v) is 8.11. The first-order valence-electron chi connectivity index (χ1n) is 4.82. The Morgan fingerprint density at radius 1 is 0.857 bits per heavy atom. The Hall–Kier alpha value is -1.44. The summed E-state index contributed by atoms with van der Waals surface area (Å²) in [6.07, 6.45) is 4.51. The van der Waals surface area contributed by atoms with Crippen molar-refractivity contribution in [3.05, 3.63) is 35.4 Å². The van der Waals surface area contributed by atoms with Crippen LogP contribution < -0.4 is 0 Å². The van der Waals surface area contributed by atoms with E-state index >= 15 is 0 Å². The van der Waals surface area contributed by atoms with E-state index in [1.165, 1.54) is 11.1 Å². The summed E-state index contributed by atoms with van der Waals surface area (Å²) in [5.41, 5.74) is 2.36. The summed E-state index contributed by atoms with van der Waals surface area (Å²) < 4.78 is 0. The molecule has 0 unspecified atom stereocenters. The largest absolute Gasteiger partial charge is 0.303 e. The fourth-order valence-electron chi connectivity index (χ4n) is 1.47. The molecule has 1 aromatic carbocycles. The Kier molecular flexibility index (Phi) is 4.62. The second-order valence-corrected chi connectivity index (χ2v) is 3.18. The molecular weight excluding hydrogens is 176 g/mol. The summed E-state index contributed by atoms with van der Waals surface area (Å²) in [6, 6.07) is 7.96. The second-order valence-electron chi connectivity index (χ2n) is 3.18. The van der Waals surface area contributed by atoms with Gasteiger partial charge in [-0.05, 0) is 24.0 Å². The smallest absolute Gasteiger partial charge is 0.120 e. The highest BCUT2D eigenvalue weighted by Gasteiger charge is 2.00. The molecule has 74 valence electrons. The van der Waals surface area contributed by atoms with E-state index in [4.69, 9.17) is 0 Å². The van der Waals surface area contributed by atoms with Gasteiger partial charge in [-0.25, -0.2) is 0 Å². The number of aldehydes is 2. The van der Waals surface area contributed by atoms with Gasteiger partial charge in [0, 0.05) is 12.8 Å². The molecule has 0 fully saturated rings. The highest BCUT2D eigenvalue weighted by atomic mass is 16.1. The van der Waals surface area contributed by atoms with E-state index < -0.39 is 0 Å². The van der Waals surface area contributed by atoms with Crippen molar-refractivity contribution in [1.29, 1.82) is 0 Å². The van der Waals surface area contributed by atoms with Crippen LogP contribution in [0, 0.1) is 0 Å². The van der Waals surface area contributed by atoms with Crippen molar-refractivity contribution in [3.63, 3.8) is 0 Å². The van der Waals surface area contributed by atoms with Crippen molar-refractivity contribution in [3.8, 4) is 0 Å². The second kappa shape index (κ2) is 6.08. The van der Waals surface area contributed by atoms with E-state index in [1.807, 2.05) is 24.3 Å². The van der Waals surface area contributed by atoms with Gasteiger partial charge < -0.3 is 9.59 Å². The standard InChI is InChI=1S/C12H14O2/c13-9-3-7-11-5-1-2-6-12(11)8-4-10-14/h1-2,5-6,9-10H,3-4,7-8H2. The third kappa shape index (κ3) is 3.13. The lowest BCUT2D eigenvalue weighted by molar-refractivity contribution is -0.108. The van der Waals surface area contributed by atoms with Crippen LogP contribution in [0.5, 0.6) is 0 Å². The lowest BCUT2D eigenvalue weighted by atomic mass is 10.00. The Morgan fingerprint density at radius 3 is 1.64 bits per heavy atom. The topological polar surface area (TPSA) is 34.1 Å². The molecule has 0 spiro atoms. The van der Waals surface area contributed by atoms with Gasteiger partial charge in [0.2, 0.25) is 0 Å². The van der Waals surface area contributed by atoms with Crippen LogP contribution in [0.1, 0.15) is 24.0 Å². The van der Waals surface area contributed by atoms with Crippen molar-refractivity contribution < 1.29 is 9.59 Å². The molecule has 0 N–H and O–H groups in total. The van der Waals surface area contributed by atoms with Crippen molar-refractivity contribution in [2.75, 3.05) is 0 Å². The van der Waals surface area contributed by atoms with Crippen LogP contribution in [0.25, 0.3) is 0 Å². The van der Waals surface area contributed by atoms with E-state index in [9.17, 15) is 9.59 Å². The van der Waals surface area contributed by atoms with E-state index in [0.29, 0.717) is 12.8 Å². The third-order valence-corrected chi connectivity index (χ3v) is 2.18. The molecule has 0 radical (unpaired) electrons. The lowest BCUT2D eigenvalue weighted by Crippen LogP contribution is -1.95. The fourth-order valence-corrected chi connectivity index (χ4v) is 1.47. The number of hydrogen-bond acceptors (Lipinski definition) is 2. The summed E-state index contributed by atoms with van der Waals surface area (Å²) in [5, 5.41) is 0. The fraction of sp³-hybridized carbons (Fsp3) is 0.333. The molecule has 0 saturated carbocycles. The average molecular weight is 190 g/mol. The molecule has 0 saturated heterocycles. The van der Waals surface area contributed by atoms with Crippen LogP contribution in [0.3, 0.4) is 0 Å². The van der Waals surface area contributed by atoms with E-state index in [-0.39, 0.29) is 0 Å². The summed E-state index contributed by atoms with van der Waals surface area (Å²) in [7, 11) is 0. The van der Waals surface area contributed by atoms with Gasteiger partial charge in [0.15, 0.2) is 0 Å². The van der Waals surface area contributed by atoms with Crippen LogP contribution in [0.2, 0.25) is 0 Å². The van der Waals surface area contributed by atoms with Crippen molar-refractivity contribution >= 4 is 12.6 Å². The molecule has 14 heavy (non-hydrogen) atoms. The molecule has 0 heterocycles. The molecule has 0 bridgehead atoms. The quantitative estimate of drug-likeness (QED) is 0.642. The predicted molar refractivity (Wildman–Crippen MR) is 55.2 cm³/mol. The van der Waals surface area contributed by atoms with Crippen molar-refractivity contribution in [2.45, 2.75) is 25.7 Å². The molecule has 0 aliphatic rings. The molecule has 0 aliphatic carbocycles. The van der Waals surface area contributed by atoms with Gasteiger partial charge in [-0.15, -0.1) is 0 Å². The monoisotopic (exact) mass is 190 g/mol. The summed E-state index contributed by atoms with van der Waals surface area (Å²) >= 11 is 0. The Balaban J connectivity index is 2.68. The summed E-state index contributed by atoms with van der Waals surface area (Å²) in [4.78, 5) is 20.5. The molecular formula is C12H14O2. The Morgan fingerprint density at radius 2 is 1.29 bits per heavy atom. The molecule has 2 heteroatoms. The minimum Gasteiger partial charge on any atom is -0.303 e. The van der Waals surface area contributed by atoms with Crippen LogP contribution >= 0.6 is 0 Å². The maximum absolute atomic E-state index is 10.2. The number of carbonyl (C=O) groups is 2. The minimum absolute atomic E-state index is 0.554. The van der Waals surface area contributed by atoms with Crippen LogP contribution in [0.4, 0.5) is 0 Å². The maximum atomic E-state index is 10.2. The Bertz CT molecular complexity index is 274. The first kappa shape index (κ1) is 10.6. The number of aryl methyl sites for hydroxylation is 2. The predicted octanol–water partition coefficient (Wildman–Crippen LogP) is 1.95. The lowest BCUT2D eigenvalue weighted by Gasteiger charge is -2.05. The molecule has 0 amide bonds. The van der Waals surface area contributed by atoms with Gasteiger partial charge in [-0.2, -0.15) is 0 Å². The van der Waals surface area contributed by atoms with Crippen LogP contribution in [-0.4, -0.2) is 12.6 Å². The SMILES string of the molecule is O=CCCc1ccccc1CCC=O. The first-order chi connectivity index (χ1) is 6.88. The zero-order chi connectivity index (χ0) is 10.2. The molecule has 0 aliphatic heterocycles. The van der Waals surface area contributed by atoms with Gasteiger partial charge in [-0.1, -0.05) is 24.3 Å². The molecule has 2 nitrogen and oxygen atoms in total. The number of hydrogen-bond donors (Lipinski definition) is 0. The van der Waals surface area contributed by atoms with Crippen LogP contribution in [-0.2, 0) is 22.4 Å². The number of carbonyl (C=O) groups excluding carboxylic acids is 2. The Labute approximate surface area is 83.9 Å². The highest BCUT2D eigenvalue weighted by Crippen LogP contribution is 2.12. The van der Waals surface area contributed by atoms with Gasteiger partial charge >= 0.3 is 0 Å². The highest BCUT2D eigenvalue weighted by molar-refractivity contribution is 5.51. The van der Waals surface area contributed by atoms with E-state index in [0.717, 1.165) is 25.4 Å². The van der Waals surface area contributed by atoms with Crippen molar-refractivity contribution in [1.82, 2.24) is 0 Å². The number of benzene rings is 1. The van der Waals surface area contributed by atoms with E-state index in [1.54, 1.807) is 0 Å². The summed E-state index contributed by atoms with van der Waals surface area (Å²) in [6.45, 7) is 0. The average Bonchev–Trinajstić information content (AvgIpc) is 2.24.